The summed E-state index contributed by atoms with van der Waals surface area (Å²) < 4.78 is 5.42. The van der Waals surface area contributed by atoms with Crippen LogP contribution in [0, 0.1) is 5.92 Å². The summed E-state index contributed by atoms with van der Waals surface area (Å²) in [5.74, 6) is 0.823. The molecule has 0 aromatic carbocycles. The third-order valence-corrected chi connectivity index (χ3v) is 3.78. The van der Waals surface area contributed by atoms with Crippen molar-refractivity contribution >= 4 is 11.8 Å². The van der Waals surface area contributed by atoms with Crippen molar-refractivity contribution in [3.63, 3.8) is 0 Å². The van der Waals surface area contributed by atoms with Crippen LogP contribution in [0.5, 0.6) is 0 Å². The maximum atomic E-state index is 9.79. The van der Waals surface area contributed by atoms with Gasteiger partial charge in [0.1, 0.15) is 24.4 Å². The van der Waals surface area contributed by atoms with Crippen molar-refractivity contribution in [1.82, 2.24) is 0 Å². The summed E-state index contributed by atoms with van der Waals surface area (Å²) in [6.45, 7) is 1.54. The van der Waals surface area contributed by atoms with Gasteiger partial charge in [-0.05, 0) is 17.9 Å². The molecule has 6 unspecified atom stereocenters. The predicted molar refractivity (Wildman–Crippen MR) is 61.3 cm³/mol. The molecule has 1 rings (SSSR count). The lowest BCUT2D eigenvalue weighted by Gasteiger charge is -2.42. The smallest absolute Gasteiger partial charge is 0.111 e. The van der Waals surface area contributed by atoms with Crippen LogP contribution in [-0.2, 0) is 4.74 Å². The SMILES string of the molecule is CSCC(C)C1OC(CO)C(O)C(O)C1O. The number of aliphatic hydroxyl groups excluding tert-OH is 4. The molecule has 16 heavy (non-hydrogen) atoms. The van der Waals surface area contributed by atoms with Gasteiger partial charge in [-0.1, -0.05) is 6.92 Å². The van der Waals surface area contributed by atoms with Crippen LogP contribution < -0.4 is 0 Å². The van der Waals surface area contributed by atoms with E-state index >= 15 is 0 Å². The van der Waals surface area contributed by atoms with Gasteiger partial charge in [-0.3, -0.25) is 0 Å². The van der Waals surface area contributed by atoms with Crippen LogP contribution in [0.2, 0.25) is 0 Å². The molecule has 0 radical (unpaired) electrons. The van der Waals surface area contributed by atoms with Crippen LogP contribution >= 0.6 is 11.8 Å². The fraction of sp³-hybridized carbons (Fsp3) is 1.00. The Labute approximate surface area is 99.4 Å². The highest BCUT2D eigenvalue weighted by molar-refractivity contribution is 7.98. The first-order valence-corrected chi connectivity index (χ1v) is 6.71. The number of rotatable bonds is 4. The minimum absolute atomic E-state index is 0.0428. The van der Waals surface area contributed by atoms with E-state index in [9.17, 15) is 15.3 Å². The second-order valence-electron chi connectivity index (χ2n) is 4.23. The molecule has 0 spiro atoms. The fourth-order valence-electron chi connectivity index (χ4n) is 1.96. The molecule has 0 saturated carbocycles. The molecule has 0 aliphatic carbocycles. The Morgan fingerprint density at radius 1 is 1.19 bits per heavy atom. The summed E-state index contributed by atoms with van der Waals surface area (Å²) in [5, 5.41) is 38.0. The van der Waals surface area contributed by atoms with Crippen LogP contribution in [0.4, 0.5) is 0 Å². The predicted octanol–water partition coefficient (Wildman–Crippen LogP) is -1.17. The lowest BCUT2D eigenvalue weighted by Crippen LogP contribution is -2.60. The largest absolute Gasteiger partial charge is 0.394 e. The average molecular weight is 252 g/mol. The Bertz CT molecular complexity index is 213. The number of hydrogen-bond donors (Lipinski definition) is 4. The molecule has 1 aliphatic rings. The molecule has 96 valence electrons. The van der Waals surface area contributed by atoms with E-state index in [-0.39, 0.29) is 12.5 Å². The summed E-state index contributed by atoms with van der Waals surface area (Å²) in [7, 11) is 0. The molecular formula is C10H20O5S. The van der Waals surface area contributed by atoms with Crippen molar-refractivity contribution in [2.45, 2.75) is 37.4 Å². The van der Waals surface area contributed by atoms with Gasteiger partial charge in [0.05, 0.1) is 12.7 Å². The van der Waals surface area contributed by atoms with Crippen molar-refractivity contribution in [2.75, 3.05) is 18.6 Å². The van der Waals surface area contributed by atoms with E-state index < -0.39 is 30.5 Å². The van der Waals surface area contributed by atoms with E-state index in [1.807, 2.05) is 13.2 Å². The maximum absolute atomic E-state index is 9.79. The third-order valence-electron chi connectivity index (χ3n) is 2.92. The lowest BCUT2D eigenvalue weighted by molar-refractivity contribution is -0.238. The molecular weight excluding hydrogens is 232 g/mol. The summed E-state index contributed by atoms with van der Waals surface area (Å²) in [5.41, 5.74) is 0. The Morgan fingerprint density at radius 2 is 1.81 bits per heavy atom. The maximum Gasteiger partial charge on any atom is 0.111 e. The van der Waals surface area contributed by atoms with Gasteiger partial charge in [-0.25, -0.2) is 0 Å². The third kappa shape index (κ3) is 2.88. The first kappa shape index (κ1) is 14.2. The second-order valence-corrected chi connectivity index (χ2v) is 5.14. The highest BCUT2D eigenvalue weighted by Crippen LogP contribution is 2.27. The summed E-state index contributed by atoms with van der Waals surface area (Å²) in [6.07, 6.45) is -3.05. The van der Waals surface area contributed by atoms with Crippen molar-refractivity contribution in [1.29, 1.82) is 0 Å². The Hall–Kier alpha value is 0.150. The Kier molecular flexibility index (Phi) is 5.49. The van der Waals surface area contributed by atoms with Crippen LogP contribution in [0.25, 0.3) is 0 Å². The zero-order valence-corrected chi connectivity index (χ0v) is 10.3. The molecule has 0 bridgehead atoms. The van der Waals surface area contributed by atoms with E-state index in [0.29, 0.717) is 0 Å². The normalized spacial score (nSPS) is 42.0. The molecule has 0 aromatic heterocycles. The first-order chi connectivity index (χ1) is 7.52. The van der Waals surface area contributed by atoms with E-state index in [4.69, 9.17) is 9.84 Å². The van der Waals surface area contributed by atoms with Crippen LogP contribution in [0.1, 0.15) is 6.92 Å². The fourth-order valence-corrected chi connectivity index (χ4v) is 2.67. The molecule has 0 amide bonds. The van der Waals surface area contributed by atoms with Crippen LogP contribution in [0.15, 0.2) is 0 Å². The van der Waals surface area contributed by atoms with E-state index in [2.05, 4.69) is 0 Å². The minimum atomic E-state index is -1.26. The van der Waals surface area contributed by atoms with Crippen LogP contribution in [-0.4, -0.2) is 69.6 Å². The molecule has 0 aromatic rings. The number of aliphatic hydroxyl groups is 4. The van der Waals surface area contributed by atoms with Crippen molar-refractivity contribution < 1.29 is 25.2 Å². The van der Waals surface area contributed by atoms with Crippen molar-refractivity contribution in [3.8, 4) is 0 Å². The monoisotopic (exact) mass is 252 g/mol. The van der Waals surface area contributed by atoms with Gasteiger partial charge in [0.15, 0.2) is 0 Å². The molecule has 6 heteroatoms. The first-order valence-electron chi connectivity index (χ1n) is 5.32. The molecule has 1 saturated heterocycles. The molecule has 6 atom stereocenters. The quantitative estimate of drug-likeness (QED) is 0.504. The van der Waals surface area contributed by atoms with Gasteiger partial charge in [0.25, 0.3) is 0 Å². The summed E-state index contributed by atoms with van der Waals surface area (Å²) in [4.78, 5) is 0. The van der Waals surface area contributed by atoms with Crippen LogP contribution in [0.3, 0.4) is 0 Å². The van der Waals surface area contributed by atoms with Gasteiger partial charge in [0, 0.05) is 0 Å². The number of hydrogen-bond acceptors (Lipinski definition) is 6. The zero-order chi connectivity index (χ0) is 12.3. The van der Waals surface area contributed by atoms with Crippen molar-refractivity contribution in [2.24, 2.45) is 5.92 Å². The van der Waals surface area contributed by atoms with Gasteiger partial charge in [-0.2, -0.15) is 11.8 Å². The number of ether oxygens (including phenoxy) is 1. The van der Waals surface area contributed by atoms with Crippen molar-refractivity contribution in [3.05, 3.63) is 0 Å². The van der Waals surface area contributed by atoms with Gasteiger partial charge in [-0.15, -0.1) is 0 Å². The zero-order valence-electron chi connectivity index (χ0n) is 9.48. The number of thioether (sulfide) groups is 1. The van der Waals surface area contributed by atoms with Gasteiger partial charge >= 0.3 is 0 Å². The topological polar surface area (TPSA) is 90.2 Å². The molecule has 5 nitrogen and oxygen atoms in total. The minimum Gasteiger partial charge on any atom is -0.394 e. The Morgan fingerprint density at radius 3 is 2.31 bits per heavy atom. The summed E-state index contributed by atoms with van der Waals surface area (Å²) >= 11 is 1.62. The van der Waals surface area contributed by atoms with Gasteiger partial charge in [0.2, 0.25) is 0 Å². The molecule has 1 heterocycles. The van der Waals surface area contributed by atoms with E-state index in [1.165, 1.54) is 0 Å². The highest BCUT2D eigenvalue weighted by Gasteiger charge is 2.44. The highest BCUT2D eigenvalue weighted by atomic mass is 32.2. The summed E-state index contributed by atoms with van der Waals surface area (Å²) in [6, 6.07) is 0. The second kappa shape index (κ2) is 6.18. The van der Waals surface area contributed by atoms with E-state index in [1.54, 1.807) is 11.8 Å². The average Bonchev–Trinajstić information content (AvgIpc) is 2.27. The molecule has 4 N–H and O–H groups in total. The lowest BCUT2D eigenvalue weighted by atomic mass is 9.89. The van der Waals surface area contributed by atoms with E-state index in [0.717, 1.165) is 5.75 Å². The molecule has 1 aliphatic heterocycles. The molecule has 1 fully saturated rings. The Balaban J connectivity index is 2.70. The van der Waals surface area contributed by atoms with Gasteiger partial charge < -0.3 is 25.2 Å². The standard InChI is InChI=1S/C10H20O5S/c1-5(4-16-2)10-9(14)8(13)7(12)6(3-11)15-10/h5-14H,3-4H2,1-2H3.